The lowest BCUT2D eigenvalue weighted by molar-refractivity contribution is -0.383. The number of anilines is 2. The van der Waals surface area contributed by atoms with E-state index in [2.05, 4.69) is 10.6 Å². The first-order valence-corrected chi connectivity index (χ1v) is 6.48. The number of nitrogens with zero attached hydrogens (tertiary/aromatic N) is 2. The summed E-state index contributed by atoms with van der Waals surface area (Å²) < 4.78 is 0. The second-order valence-electron chi connectivity index (χ2n) is 4.88. The molecule has 2 rings (SSSR count). The number of likely N-dealkylation sites (N-methyl/N-ethyl adjacent to an activating group) is 1. The maximum absolute atomic E-state index is 11.8. The summed E-state index contributed by atoms with van der Waals surface area (Å²) in [6.45, 7) is 0.102. The zero-order chi connectivity index (χ0) is 14.7. The fraction of sp³-hybridized carbons (Fsp3) is 0.462. The summed E-state index contributed by atoms with van der Waals surface area (Å²) in [5.41, 5.74) is 0.839. The Morgan fingerprint density at radius 2 is 2.20 bits per heavy atom. The molecule has 1 aliphatic carbocycles. The lowest BCUT2D eigenvalue weighted by Crippen LogP contribution is -2.36. The van der Waals surface area contributed by atoms with Crippen LogP contribution in [-0.4, -0.2) is 37.5 Å². The summed E-state index contributed by atoms with van der Waals surface area (Å²) >= 11 is 0. The molecule has 108 valence electrons. The molecule has 2 N–H and O–H groups in total. The molecule has 0 bridgehead atoms. The molecule has 0 heterocycles. The number of rotatable bonds is 6. The van der Waals surface area contributed by atoms with Gasteiger partial charge in [-0.15, -0.1) is 0 Å². The topological polar surface area (TPSA) is 87.5 Å². The summed E-state index contributed by atoms with van der Waals surface area (Å²) in [6, 6.07) is 5.29. The van der Waals surface area contributed by atoms with E-state index < -0.39 is 4.92 Å². The van der Waals surface area contributed by atoms with E-state index >= 15 is 0 Å². The van der Waals surface area contributed by atoms with Crippen molar-refractivity contribution in [1.29, 1.82) is 0 Å². The van der Waals surface area contributed by atoms with Crippen molar-refractivity contribution in [3.05, 3.63) is 28.3 Å². The van der Waals surface area contributed by atoms with Gasteiger partial charge < -0.3 is 15.5 Å². The maximum atomic E-state index is 11.8. The van der Waals surface area contributed by atoms with Crippen LogP contribution < -0.4 is 15.5 Å². The SMILES string of the molecule is CNc1cccc(N(C)CC(=O)NC2CC2)c1[N+](=O)[O-]. The minimum atomic E-state index is -0.434. The van der Waals surface area contributed by atoms with Crippen molar-refractivity contribution in [2.75, 3.05) is 30.9 Å². The van der Waals surface area contributed by atoms with Gasteiger partial charge in [-0.3, -0.25) is 14.9 Å². The number of hydrogen-bond acceptors (Lipinski definition) is 5. The van der Waals surface area contributed by atoms with Crippen molar-refractivity contribution in [3.8, 4) is 0 Å². The van der Waals surface area contributed by atoms with Crippen LogP contribution in [0.25, 0.3) is 0 Å². The van der Waals surface area contributed by atoms with Crippen LogP contribution in [0.1, 0.15) is 12.8 Å². The molecule has 1 fully saturated rings. The van der Waals surface area contributed by atoms with Gasteiger partial charge in [-0.25, -0.2) is 0 Å². The van der Waals surface area contributed by atoms with Crippen molar-refractivity contribution < 1.29 is 9.72 Å². The second-order valence-corrected chi connectivity index (χ2v) is 4.88. The fourth-order valence-corrected chi connectivity index (χ4v) is 2.03. The van der Waals surface area contributed by atoms with Gasteiger partial charge in [0.15, 0.2) is 0 Å². The molecule has 1 aromatic rings. The maximum Gasteiger partial charge on any atom is 0.315 e. The zero-order valence-corrected chi connectivity index (χ0v) is 11.5. The highest BCUT2D eigenvalue weighted by Crippen LogP contribution is 2.34. The van der Waals surface area contributed by atoms with Gasteiger partial charge in [0.1, 0.15) is 11.4 Å². The molecule has 0 atom stereocenters. The number of para-hydroxylation sites is 1. The highest BCUT2D eigenvalue weighted by molar-refractivity contribution is 5.84. The number of hydrogen-bond donors (Lipinski definition) is 2. The Kier molecular flexibility index (Phi) is 4.07. The van der Waals surface area contributed by atoms with Gasteiger partial charge in [0.25, 0.3) is 0 Å². The van der Waals surface area contributed by atoms with Crippen LogP contribution in [0, 0.1) is 10.1 Å². The summed E-state index contributed by atoms with van der Waals surface area (Å²) in [4.78, 5) is 24.2. The first-order valence-electron chi connectivity index (χ1n) is 6.48. The van der Waals surface area contributed by atoms with Crippen LogP contribution in [0.5, 0.6) is 0 Å². The molecular formula is C13H18N4O3. The van der Waals surface area contributed by atoms with Crippen LogP contribution in [-0.2, 0) is 4.79 Å². The van der Waals surface area contributed by atoms with E-state index in [0.29, 0.717) is 11.4 Å². The van der Waals surface area contributed by atoms with Crippen LogP contribution in [0.4, 0.5) is 17.1 Å². The number of nitro benzene ring substituents is 1. The smallest absolute Gasteiger partial charge is 0.315 e. The fourth-order valence-electron chi connectivity index (χ4n) is 2.03. The summed E-state index contributed by atoms with van der Waals surface area (Å²) in [6.07, 6.45) is 2.04. The van der Waals surface area contributed by atoms with Crippen LogP contribution in [0.3, 0.4) is 0 Å². The Hall–Kier alpha value is -2.31. The third kappa shape index (κ3) is 3.17. The Bertz CT molecular complexity index is 528. The molecule has 0 aliphatic heterocycles. The lowest BCUT2D eigenvalue weighted by atomic mass is 10.2. The van der Waals surface area contributed by atoms with E-state index in [1.165, 1.54) is 0 Å². The Balaban J connectivity index is 2.17. The van der Waals surface area contributed by atoms with Gasteiger partial charge >= 0.3 is 5.69 Å². The normalized spacial score (nSPS) is 13.7. The number of benzene rings is 1. The molecule has 7 nitrogen and oxygen atoms in total. The van der Waals surface area contributed by atoms with Gasteiger partial charge in [0, 0.05) is 20.1 Å². The molecule has 1 aromatic carbocycles. The third-order valence-electron chi connectivity index (χ3n) is 3.20. The summed E-state index contributed by atoms with van der Waals surface area (Å²) in [7, 11) is 3.31. The van der Waals surface area contributed by atoms with E-state index in [0.717, 1.165) is 12.8 Å². The molecule has 7 heteroatoms. The monoisotopic (exact) mass is 278 g/mol. The van der Waals surface area contributed by atoms with E-state index in [9.17, 15) is 14.9 Å². The molecule has 20 heavy (non-hydrogen) atoms. The number of carbonyl (C=O) groups excluding carboxylic acids is 1. The van der Waals surface area contributed by atoms with Crippen molar-refractivity contribution in [1.82, 2.24) is 5.32 Å². The number of nitro groups is 1. The number of nitrogens with one attached hydrogen (secondary N) is 2. The van der Waals surface area contributed by atoms with E-state index in [1.807, 2.05) is 0 Å². The van der Waals surface area contributed by atoms with Gasteiger partial charge in [0.05, 0.1) is 11.5 Å². The van der Waals surface area contributed by atoms with Crippen molar-refractivity contribution in [2.45, 2.75) is 18.9 Å². The van der Waals surface area contributed by atoms with E-state index in [-0.39, 0.29) is 24.2 Å². The molecule has 0 radical (unpaired) electrons. The molecule has 1 aliphatic rings. The highest BCUT2D eigenvalue weighted by atomic mass is 16.6. The standard InChI is InChI=1S/C13H18N4O3/c1-14-10-4-3-5-11(13(10)17(19)20)16(2)8-12(18)15-9-6-7-9/h3-5,9,14H,6-8H2,1-2H3,(H,15,18). The molecular weight excluding hydrogens is 260 g/mol. The molecule has 0 saturated heterocycles. The van der Waals surface area contributed by atoms with Gasteiger partial charge in [-0.05, 0) is 25.0 Å². The molecule has 0 unspecified atom stereocenters. The van der Waals surface area contributed by atoms with Gasteiger partial charge in [-0.1, -0.05) is 6.07 Å². The van der Waals surface area contributed by atoms with Crippen LogP contribution in [0.2, 0.25) is 0 Å². The number of amides is 1. The van der Waals surface area contributed by atoms with E-state index in [4.69, 9.17) is 0 Å². The van der Waals surface area contributed by atoms with Crippen LogP contribution >= 0.6 is 0 Å². The quantitative estimate of drug-likeness (QED) is 0.606. The van der Waals surface area contributed by atoms with Crippen molar-refractivity contribution in [2.24, 2.45) is 0 Å². The summed E-state index contributed by atoms with van der Waals surface area (Å²) in [5, 5.41) is 16.9. The largest absolute Gasteiger partial charge is 0.382 e. The predicted octanol–water partition coefficient (Wildman–Crippen LogP) is 1.35. The van der Waals surface area contributed by atoms with Crippen molar-refractivity contribution >= 4 is 23.0 Å². The van der Waals surface area contributed by atoms with Crippen molar-refractivity contribution in [3.63, 3.8) is 0 Å². The molecule has 0 aromatic heterocycles. The summed E-state index contributed by atoms with van der Waals surface area (Å²) in [5.74, 6) is -0.112. The third-order valence-corrected chi connectivity index (χ3v) is 3.20. The Morgan fingerprint density at radius 1 is 1.50 bits per heavy atom. The minimum Gasteiger partial charge on any atom is -0.382 e. The predicted molar refractivity (Wildman–Crippen MR) is 77.1 cm³/mol. The van der Waals surface area contributed by atoms with Crippen LogP contribution in [0.15, 0.2) is 18.2 Å². The second kappa shape index (κ2) is 5.77. The Morgan fingerprint density at radius 3 is 2.75 bits per heavy atom. The zero-order valence-electron chi connectivity index (χ0n) is 11.5. The lowest BCUT2D eigenvalue weighted by Gasteiger charge is -2.19. The average Bonchev–Trinajstić information content (AvgIpc) is 3.21. The molecule has 1 saturated carbocycles. The first kappa shape index (κ1) is 14.1. The minimum absolute atomic E-state index is 0.0169. The average molecular weight is 278 g/mol. The molecule has 1 amide bonds. The van der Waals surface area contributed by atoms with E-state index in [1.54, 1.807) is 37.2 Å². The first-order chi connectivity index (χ1) is 9.52. The number of carbonyl (C=O) groups is 1. The van der Waals surface area contributed by atoms with Gasteiger partial charge in [-0.2, -0.15) is 0 Å². The van der Waals surface area contributed by atoms with Gasteiger partial charge in [0.2, 0.25) is 5.91 Å². The molecule has 0 spiro atoms. The Labute approximate surface area is 117 Å². The highest BCUT2D eigenvalue weighted by Gasteiger charge is 2.26.